The van der Waals surface area contributed by atoms with E-state index in [0.717, 1.165) is 48.1 Å². The number of thioether (sulfide) groups is 1. The number of morpholine rings is 1. The number of rotatable bonds is 8. The molecule has 1 heterocycles. The average Bonchev–Trinajstić information content (AvgIpc) is 2.79. The molecule has 0 aliphatic carbocycles. The molecule has 0 radical (unpaired) electrons. The summed E-state index contributed by atoms with van der Waals surface area (Å²) < 4.78 is 44.0. The predicted octanol–water partition coefficient (Wildman–Crippen LogP) is 4.20. The van der Waals surface area contributed by atoms with E-state index in [1.54, 1.807) is 0 Å². The van der Waals surface area contributed by atoms with E-state index in [0.29, 0.717) is 25.8 Å². The lowest BCUT2D eigenvalue weighted by atomic mass is 10.0. The van der Waals surface area contributed by atoms with Crippen LogP contribution in [-0.4, -0.2) is 54.3 Å². The van der Waals surface area contributed by atoms with Gasteiger partial charge in [-0.3, -0.25) is 19.8 Å². The minimum atomic E-state index is -4.68. The van der Waals surface area contributed by atoms with Crippen molar-refractivity contribution in [1.82, 2.24) is 10.2 Å². The molecule has 1 saturated heterocycles. The second-order valence-corrected chi connectivity index (χ2v) is 8.62. The maximum atomic E-state index is 12.9. The van der Waals surface area contributed by atoms with E-state index in [-0.39, 0.29) is 22.6 Å². The van der Waals surface area contributed by atoms with Gasteiger partial charge in [0.1, 0.15) is 0 Å². The number of hydrogen-bond acceptors (Lipinski definition) is 6. The maximum Gasteiger partial charge on any atom is 0.416 e. The van der Waals surface area contributed by atoms with Crippen molar-refractivity contribution in [3.8, 4) is 0 Å². The minimum absolute atomic E-state index is 0.00594. The largest absolute Gasteiger partial charge is 0.416 e. The highest BCUT2D eigenvalue weighted by molar-refractivity contribution is 8.00. The van der Waals surface area contributed by atoms with Crippen LogP contribution in [0.15, 0.2) is 47.4 Å². The van der Waals surface area contributed by atoms with Crippen LogP contribution in [0, 0.1) is 17.0 Å². The lowest BCUT2D eigenvalue weighted by molar-refractivity contribution is -0.388. The zero-order chi connectivity index (χ0) is 24.0. The first kappa shape index (κ1) is 25.0. The van der Waals surface area contributed by atoms with Crippen molar-refractivity contribution in [2.75, 3.05) is 38.6 Å². The SMILES string of the molecule is Cc1ccc(C(CNC(=O)CSc2ccc(C(F)(F)F)cc2[N+](=O)[O-])N2CCOCC2)cc1. The van der Waals surface area contributed by atoms with Crippen molar-refractivity contribution in [3.05, 3.63) is 69.3 Å². The first-order valence-electron chi connectivity index (χ1n) is 10.3. The first-order valence-corrected chi connectivity index (χ1v) is 11.3. The van der Waals surface area contributed by atoms with Gasteiger partial charge in [-0.2, -0.15) is 13.2 Å². The van der Waals surface area contributed by atoms with Crippen LogP contribution in [0.4, 0.5) is 18.9 Å². The number of amides is 1. The summed E-state index contributed by atoms with van der Waals surface area (Å²) in [5.74, 6) is -0.518. The summed E-state index contributed by atoms with van der Waals surface area (Å²) in [6.07, 6.45) is -4.68. The first-order chi connectivity index (χ1) is 15.6. The van der Waals surface area contributed by atoms with Crippen molar-refractivity contribution in [1.29, 1.82) is 0 Å². The highest BCUT2D eigenvalue weighted by Gasteiger charge is 2.33. The van der Waals surface area contributed by atoms with Gasteiger partial charge in [0.15, 0.2) is 0 Å². The van der Waals surface area contributed by atoms with E-state index in [1.807, 2.05) is 31.2 Å². The molecule has 0 saturated carbocycles. The van der Waals surface area contributed by atoms with Crippen LogP contribution < -0.4 is 5.32 Å². The summed E-state index contributed by atoms with van der Waals surface area (Å²) in [6.45, 7) is 4.97. The van der Waals surface area contributed by atoms with Gasteiger partial charge in [-0.25, -0.2) is 0 Å². The number of aryl methyl sites for hydroxylation is 1. The van der Waals surface area contributed by atoms with Gasteiger partial charge in [0, 0.05) is 25.7 Å². The van der Waals surface area contributed by atoms with Crippen molar-refractivity contribution in [3.63, 3.8) is 0 Å². The topological polar surface area (TPSA) is 84.7 Å². The van der Waals surface area contributed by atoms with Crippen molar-refractivity contribution >= 4 is 23.4 Å². The Morgan fingerprint density at radius 2 is 1.88 bits per heavy atom. The van der Waals surface area contributed by atoms with Crippen LogP contribution >= 0.6 is 11.8 Å². The van der Waals surface area contributed by atoms with Crippen molar-refractivity contribution in [2.45, 2.75) is 24.0 Å². The Morgan fingerprint density at radius 1 is 1.21 bits per heavy atom. The summed E-state index contributed by atoms with van der Waals surface area (Å²) in [6, 6.07) is 10.3. The Kier molecular flexibility index (Phi) is 8.33. The normalized spacial score (nSPS) is 15.8. The van der Waals surface area contributed by atoms with E-state index in [2.05, 4.69) is 10.2 Å². The molecule has 1 unspecified atom stereocenters. The third-order valence-electron chi connectivity index (χ3n) is 5.28. The molecular formula is C22H24F3N3O4S. The molecule has 11 heteroatoms. The summed E-state index contributed by atoms with van der Waals surface area (Å²) in [5, 5.41) is 14.1. The Balaban J connectivity index is 1.64. The number of nitrogens with zero attached hydrogens (tertiary/aromatic N) is 2. The molecule has 1 aliphatic rings. The van der Waals surface area contributed by atoms with E-state index in [4.69, 9.17) is 4.74 Å². The molecule has 3 rings (SSSR count). The van der Waals surface area contributed by atoms with Gasteiger partial charge in [-0.05, 0) is 24.6 Å². The third kappa shape index (κ3) is 6.92. The zero-order valence-corrected chi connectivity index (χ0v) is 18.7. The van der Waals surface area contributed by atoms with E-state index >= 15 is 0 Å². The summed E-state index contributed by atoms with van der Waals surface area (Å²) in [7, 11) is 0. The fourth-order valence-electron chi connectivity index (χ4n) is 3.50. The molecule has 7 nitrogen and oxygen atoms in total. The Hall–Kier alpha value is -2.63. The standard InChI is InChI=1S/C22H24F3N3O4S/c1-15-2-4-16(5-3-15)19(27-8-10-32-11-9-27)13-26-21(29)14-33-20-7-6-17(22(23,24)25)12-18(20)28(30)31/h2-7,12,19H,8-11,13-14H2,1H3,(H,26,29). The molecule has 1 N–H and O–H groups in total. The Bertz CT molecular complexity index is 980. The molecule has 0 aromatic heterocycles. The van der Waals surface area contributed by atoms with E-state index < -0.39 is 22.4 Å². The Labute approximate surface area is 193 Å². The molecular weight excluding hydrogens is 459 g/mol. The predicted molar refractivity (Wildman–Crippen MR) is 118 cm³/mol. The van der Waals surface area contributed by atoms with Crippen LogP contribution in [0.2, 0.25) is 0 Å². The summed E-state index contributed by atoms with van der Waals surface area (Å²) >= 11 is 0.833. The zero-order valence-electron chi connectivity index (χ0n) is 17.9. The van der Waals surface area contributed by atoms with Gasteiger partial charge in [0.05, 0.1) is 40.4 Å². The van der Waals surface area contributed by atoms with Crippen LogP contribution in [0.3, 0.4) is 0 Å². The number of benzene rings is 2. The van der Waals surface area contributed by atoms with E-state index in [1.165, 1.54) is 0 Å². The molecule has 1 atom stereocenters. The smallest absolute Gasteiger partial charge is 0.379 e. The number of nitrogens with one attached hydrogen (secondary N) is 1. The molecule has 0 spiro atoms. The number of nitro groups is 1. The van der Waals surface area contributed by atoms with Gasteiger partial charge >= 0.3 is 6.18 Å². The van der Waals surface area contributed by atoms with Crippen LogP contribution in [-0.2, 0) is 15.7 Å². The fraction of sp³-hybridized carbons (Fsp3) is 0.409. The minimum Gasteiger partial charge on any atom is -0.379 e. The molecule has 1 fully saturated rings. The van der Waals surface area contributed by atoms with Gasteiger partial charge in [0.25, 0.3) is 5.69 Å². The number of carbonyl (C=O) groups is 1. The third-order valence-corrected chi connectivity index (χ3v) is 6.35. The highest BCUT2D eigenvalue weighted by Crippen LogP contribution is 2.36. The lowest BCUT2D eigenvalue weighted by Gasteiger charge is -2.35. The van der Waals surface area contributed by atoms with Crippen molar-refractivity contribution in [2.24, 2.45) is 0 Å². The van der Waals surface area contributed by atoms with Gasteiger partial charge in [-0.1, -0.05) is 29.8 Å². The van der Waals surface area contributed by atoms with Crippen LogP contribution in [0.5, 0.6) is 0 Å². The number of hydrogen-bond donors (Lipinski definition) is 1. The van der Waals surface area contributed by atoms with Crippen LogP contribution in [0.25, 0.3) is 0 Å². The highest BCUT2D eigenvalue weighted by atomic mass is 32.2. The van der Waals surface area contributed by atoms with E-state index in [9.17, 15) is 28.1 Å². The lowest BCUT2D eigenvalue weighted by Crippen LogP contribution is -2.44. The Morgan fingerprint density at radius 3 is 2.48 bits per heavy atom. The molecule has 1 amide bonds. The quantitative estimate of drug-likeness (QED) is 0.344. The van der Waals surface area contributed by atoms with Gasteiger partial charge in [0.2, 0.25) is 5.91 Å². The average molecular weight is 484 g/mol. The van der Waals surface area contributed by atoms with Crippen molar-refractivity contribution < 1.29 is 27.6 Å². The monoisotopic (exact) mass is 483 g/mol. The van der Waals surface area contributed by atoms with Crippen LogP contribution in [0.1, 0.15) is 22.7 Å². The number of halogens is 3. The second-order valence-electron chi connectivity index (χ2n) is 7.60. The number of nitro benzene ring substituents is 1. The number of ether oxygens (including phenoxy) is 1. The second kappa shape index (κ2) is 11.0. The molecule has 0 bridgehead atoms. The number of alkyl halides is 3. The summed E-state index contributed by atoms with van der Waals surface area (Å²) in [4.78, 5) is 25.1. The fourth-order valence-corrected chi connectivity index (χ4v) is 4.33. The molecule has 178 valence electrons. The van der Waals surface area contributed by atoms with Gasteiger partial charge < -0.3 is 10.1 Å². The summed E-state index contributed by atoms with van der Waals surface area (Å²) in [5.41, 5.74) is 0.398. The molecule has 1 aliphatic heterocycles. The van der Waals surface area contributed by atoms with Gasteiger partial charge in [-0.15, -0.1) is 11.8 Å². The molecule has 33 heavy (non-hydrogen) atoms. The maximum absolute atomic E-state index is 12.9. The molecule has 2 aromatic carbocycles. The molecule has 2 aromatic rings. The number of carbonyl (C=O) groups excluding carboxylic acids is 1.